The predicted octanol–water partition coefficient (Wildman–Crippen LogP) is 4.12. The molecule has 0 saturated carbocycles. The van der Waals surface area contributed by atoms with Gasteiger partial charge in [0.05, 0.1) is 23.8 Å². The highest BCUT2D eigenvalue weighted by Crippen LogP contribution is 2.26. The lowest BCUT2D eigenvalue weighted by molar-refractivity contribution is 0.102. The second-order valence-electron chi connectivity index (χ2n) is 8.30. The van der Waals surface area contributed by atoms with Gasteiger partial charge < -0.3 is 19.6 Å². The number of hydrogen-bond acceptors (Lipinski definition) is 8. The Kier molecular flexibility index (Phi) is 7.00. The van der Waals surface area contributed by atoms with Gasteiger partial charge in [-0.05, 0) is 65.2 Å². The second-order valence-corrected chi connectivity index (χ2v) is 8.30. The molecule has 5 rings (SSSR count). The van der Waals surface area contributed by atoms with E-state index < -0.39 is 6.10 Å². The SMILES string of the molecule is O=C(Nc1cccc2c(=O)cc(-c3nnn[nH]3)oc12)c1ccc(OCCCC(O)c2ccccc2)cc1. The van der Waals surface area contributed by atoms with E-state index in [0.29, 0.717) is 41.8 Å². The summed E-state index contributed by atoms with van der Waals surface area (Å²) >= 11 is 0. The normalized spacial score (nSPS) is 11.8. The van der Waals surface area contributed by atoms with Gasteiger partial charge in [0.2, 0.25) is 5.82 Å². The van der Waals surface area contributed by atoms with Crippen LogP contribution < -0.4 is 15.5 Å². The van der Waals surface area contributed by atoms with Gasteiger partial charge in [0.1, 0.15) is 5.75 Å². The number of benzene rings is 3. The number of ether oxygens (including phenoxy) is 1. The van der Waals surface area contributed by atoms with Gasteiger partial charge in [-0.1, -0.05) is 36.4 Å². The van der Waals surface area contributed by atoms with Crippen molar-refractivity contribution in [2.45, 2.75) is 18.9 Å². The minimum absolute atomic E-state index is 0.155. The maximum absolute atomic E-state index is 12.9. The van der Waals surface area contributed by atoms with Crippen LogP contribution in [0.3, 0.4) is 0 Å². The molecule has 1 amide bonds. The number of rotatable bonds is 9. The van der Waals surface area contributed by atoms with Gasteiger partial charge in [0.25, 0.3) is 5.91 Å². The van der Waals surface area contributed by atoms with Crippen LogP contribution in [0.1, 0.15) is 34.9 Å². The summed E-state index contributed by atoms with van der Waals surface area (Å²) in [7, 11) is 0. The lowest BCUT2D eigenvalue weighted by atomic mass is 10.1. The number of fused-ring (bicyclic) bond motifs is 1. The number of anilines is 1. The highest BCUT2D eigenvalue weighted by atomic mass is 16.5. The van der Waals surface area contributed by atoms with E-state index in [9.17, 15) is 14.7 Å². The lowest BCUT2D eigenvalue weighted by Gasteiger charge is -2.12. The highest BCUT2D eigenvalue weighted by molar-refractivity contribution is 6.08. The molecule has 1 atom stereocenters. The number of carbonyl (C=O) groups is 1. The number of H-pyrrole nitrogens is 1. The minimum atomic E-state index is -0.530. The second kappa shape index (κ2) is 10.8. The van der Waals surface area contributed by atoms with Crippen LogP contribution in [0.15, 0.2) is 88.1 Å². The smallest absolute Gasteiger partial charge is 0.255 e. The Morgan fingerprint density at radius 3 is 2.62 bits per heavy atom. The fourth-order valence-corrected chi connectivity index (χ4v) is 3.86. The minimum Gasteiger partial charge on any atom is -0.494 e. The number of aromatic amines is 1. The molecule has 186 valence electrons. The molecule has 3 aromatic carbocycles. The molecule has 0 radical (unpaired) electrons. The molecule has 0 aliphatic carbocycles. The van der Waals surface area contributed by atoms with Crippen molar-refractivity contribution in [1.82, 2.24) is 20.6 Å². The summed E-state index contributed by atoms with van der Waals surface area (Å²) in [6.45, 7) is 0.438. The molecule has 10 nitrogen and oxygen atoms in total. The zero-order chi connectivity index (χ0) is 25.6. The first-order valence-electron chi connectivity index (χ1n) is 11.7. The number of carbonyl (C=O) groups excluding carboxylic acids is 1. The maximum Gasteiger partial charge on any atom is 0.255 e. The zero-order valence-electron chi connectivity index (χ0n) is 19.6. The summed E-state index contributed by atoms with van der Waals surface area (Å²) in [5, 5.41) is 26.7. The van der Waals surface area contributed by atoms with Crippen LogP contribution in [0.2, 0.25) is 0 Å². The van der Waals surface area contributed by atoms with E-state index in [1.807, 2.05) is 30.3 Å². The first-order valence-corrected chi connectivity index (χ1v) is 11.7. The van der Waals surface area contributed by atoms with E-state index in [1.54, 1.807) is 42.5 Å². The van der Waals surface area contributed by atoms with Crippen LogP contribution in [0.25, 0.3) is 22.6 Å². The molecule has 3 N–H and O–H groups in total. The van der Waals surface area contributed by atoms with Crippen molar-refractivity contribution in [2.24, 2.45) is 0 Å². The molecule has 2 heterocycles. The van der Waals surface area contributed by atoms with Gasteiger partial charge in [-0.2, -0.15) is 0 Å². The third-order valence-corrected chi connectivity index (χ3v) is 5.77. The molecule has 0 spiro atoms. The van der Waals surface area contributed by atoms with Crippen molar-refractivity contribution in [3.05, 3.63) is 100 Å². The Balaban J connectivity index is 1.22. The average Bonchev–Trinajstić information content (AvgIpc) is 3.47. The summed E-state index contributed by atoms with van der Waals surface area (Å²) in [5.74, 6) is 0.596. The van der Waals surface area contributed by atoms with Gasteiger partial charge in [0, 0.05) is 11.6 Å². The molecule has 0 saturated heterocycles. The van der Waals surface area contributed by atoms with Crippen LogP contribution in [-0.4, -0.2) is 38.2 Å². The van der Waals surface area contributed by atoms with Crippen LogP contribution >= 0.6 is 0 Å². The summed E-state index contributed by atoms with van der Waals surface area (Å²) in [6.07, 6.45) is 0.731. The fourth-order valence-electron chi connectivity index (χ4n) is 3.86. The van der Waals surface area contributed by atoms with Crippen molar-refractivity contribution < 1.29 is 19.1 Å². The number of nitrogens with one attached hydrogen (secondary N) is 2. The lowest BCUT2D eigenvalue weighted by Crippen LogP contribution is -2.13. The third kappa shape index (κ3) is 5.54. The third-order valence-electron chi connectivity index (χ3n) is 5.77. The quantitative estimate of drug-likeness (QED) is 0.258. The van der Waals surface area contributed by atoms with Crippen molar-refractivity contribution in [1.29, 1.82) is 0 Å². The van der Waals surface area contributed by atoms with Crippen molar-refractivity contribution in [3.63, 3.8) is 0 Å². The molecular formula is C27H23N5O5. The van der Waals surface area contributed by atoms with Gasteiger partial charge >= 0.3 is 0 Å². The largest absolute Gasteiger partial charge is 0.494 e. The molecule has 1 unspecified atom stereocenters. The Hall–Kier alpha value is -4.83. The van der Waals surface area contributed by atoms with Crippen LogP contribution in [0.5, 0.6) is 5.75 Å². The molecule has 10 heteroatoms. The van der Waals surface area contributed by atoms with E-state index in [1.165, 1.54) is 6.07 Å². The Bertz CT molecular complexity index is 1550. The fraction of sp³-hybridized carbons (Fsp3) is 0.148. The Morgan fingerprint density at radius 2 is 1.86 bits per heavy atom. The first-order chi connectivity index (χ1) is 18.1. The van der Waals surface area contributed by atoms with Gasteiger partial charge in [-0.25, -0.2) is 5.10 Å². The van der Waals surface area contributed by atoms with Gasteiger partial charge in [-0.15, -0.1) is 5.10 Å². The number of aliphatic hydroxyl groups is 1. The molecule has 0 fully saturated rings. The van der Waals surface area contributed by atoms with Crippen LogP contribution in [-0.2, 0) is 0 Å². The Morgan fingerprint density at radius 1 is 1.05 bits per heavy atom. The number of nitrogens with zero attached hydrogens (tertiary/aromatic N) is 3. The van der Waals surface area contributed by atoms with Crippen LogP contribution in [0.4, 0.5) is 5.69 Å². The summed E-state index contributed by atoms with van der Waals surface area (Å²) in [4.78, 5) is 25.5. The first kappa shape index (κ1) is 23.9. The van der Waals surface area contributed by atoms with Crippen molar-refractivity contribution >= 4 is 22.6 Å². The van der Waals surface area contributed by atoms with E-state index in [4.69, 9.17) is 9.15 Å². The molecule has 5 aromatic rings. The molecular weight excluding hydrogens is 474 g/mol. The van der Waals surface area contributed by atoms with E-state index >= 15 is 0 Å². The summed E-state index contributed by atoms with van der Waals surface area (Å²) < 4.78 is 11.6. The molecule has 0 bridgehead atoms. The number of hydrogen-bond donors (Lipinski definition) is 3. The molecule has 2 aromatic heterocycles. The maximum atomic E-state index is 12.9. The number of amides is 1. The number of aromatic nitrogens is 4. The topological polar surface area (TPSA) is 143 Å². The zero-order valence-corrected chi connectivity index (χ0v) is 19.6. The van der Waals surface area contributed by atoms with Gasteiger partial charge in [-0.3, -0.25) is 9.59 Å². The molecule has 37 heavy (non-hydrogen) atoms. The highest BCUT2D eigenvalue weighted by Gasteiger charge is 2.15. The Labute approximate surface area is 210 Å². The van der Waals surface area contributed by atoms with Gasteiger partial charge in [0.15, 0.2) is 16.8 Å². The van der Waals surface area contributed by atoms with Crippen molar-refractivity contribution in [2.75, 3.05) is 11.9 Å². The van der Waals surface area contributed by atoms with E-state index in [2.05, 4.69) is 25.9 Å². The monoisotopic (exact) mass is 497 g/mol. The predicted molar refractivity (Wildman–Crippen MR) is 136 cm³/mol. The summed E-state index contributed by atoms with van der Waals surface area (Å²) in [5.41, 5.74) is 1.55. The van der Waals surface area contributed by atoms with E-state index in [-0.39, 0.29) is 28.5 Å². The number of para-hydroxylation sites is 1. The van der Waals surface area contributed by atoms with Crippen molar-refractivity contribution in [3.8, 4) is 17.3 Å². The summed E-state index contributed by atoms with van der Waals surface area (Å²) in [6, 6.07) is 22.4. The standard InChI is InChI=1S/C27H23N5O5/c33-22(17-6-2-1-3-7-17)10-5-15-36-19-13-11-18(12-14-19)27(35)28-21-9-4-8-20-23(34)16-24(37-25(20)21)26-29-31-32-30-26/h1-4,6-9,11-14,16,22,33H,5,10,15H2,(H,28,35)(H,29,30,31,32). The van der Waals surface area contributed by atoms with Crippen LogP contribution in [0, 0.1) is 0 Å². The average molecular weight is 498 g/mol. The number of aliphatic hydroxyl groups excluding tert-OH is 1. The van der Waals surface area contributed by atoms with E-state index in [0.717, 1.165) is 5.56 Å². The molecule has 0 aliphatic heterocycles. The molecule has 0 aliphatic rings. The number of tetrazole rings is 1.